The lowest BCUT2D eigenvalue weighted by Crippen LogP contribution is -2.28. The van der Waals surface area contributed by atoms with Gasteiger partial charge in [-0.15, -0.1) is 0 Å². The molecular weight excluding hydrogens is 264 g/mol. The molecule has 0 fully saturated rings. The van der Waals surface area contributed by atoms with Gasteiger partial charge in [0.2, 0.25) is 0 Å². The molecule has 0 bridgehead atoms. The van der Waals surface area contributed by atoms with Crippen molar-refractivity contribution in [2.45, 2.75) is 66.6 Å². The van der Waals surface area contributed by atoms with Gasteiger partial charge in [-0.2, -0.15) is 9.78 Å². The highest BCUT2D eigenvalue weighted by atomic mass is 17.2. The molecule has 0 heterocycles. The van der Waals surface area contributed by atoms with E-state index in [0.717, 1.165) is 0 Å². The number of carbonyl (C=O) groups excluding carboxylic acids is 2. The number of hydrogen-bond acceptors (Lipinski definition) is 6. The molecule has 6 heteroatoms. The first-order chi connectivity index (χ1) is 8.83. The van der Waals surface area contributed by atoms with E-state index >= 15 is 0 Å². The molecule has 0 aliphatic carbocycles. The van der Waals surface area contributed by atoms with Crippen LogP contribution >= 0.6 is 0 Å². The van der Waals surface area contributed by atoms with E-state index in [1.807, 2.05) is 0 Å². The van der Waals surface area contributed by atoms with Gasteiger partial charge in [0.05, 0.1) is 0 Å². The van der Waals surface area contributed by atoms with Crippen LogP contribution in [0.5, 0.6) is 0 Å². The monoisotopic (exact) mass is 288 g/mol. The van der Waals surface area contributed by atoms with Crippen molar-refractivity contribution in [1.82, 2.24) is 0 Å². The Kier molecular flexibility index (Phi) is 6.37. The zero-order valence-electron chi connectivity index (χ0n) is 13.4. The number of allylic oxidation sites excluding steroid dienone is 1. The van der Waals surface area contributed by atoms with E-state index in [4.69, 9.17) is 9.78 Å². The molecule has 0 unspecified atom stereocenters. The van der Waals surface area contributed by atoms with E-state index in [1.165, 1.54) is 0 Å². The molecule has 0 spiro atoms. The van der Waals surface area contributed by atoms with Crippen molar-refractivity contribution in [3.8, 4) is 0 Å². The van der Waals surface area contributed by atoms with Crippen molar-refractivity contribution >= 4 is 11.9 Å². The summed E-state index contributed by atoms with van der Waals surface area (Å²) in [6.45, 7) is 13.4. The predicted octanol–water partition coefficient (Wildman–Crippen LogP) is 2.87. The summed E-state index contributed by atoms with van der Waals surface area (Å²) < 4.78 is 0. The molecule has 0 aromatic carbocycles. The second-order valence-electron chi connectivity index (χ2n) is 6.51. The Hall–Kier alpha value is -1.40. The highest BCUT2D eigenvalue weighted by molar-refractivity contribution is 6.14. The van der Waals surface area contributed by atoms with Gasteiger partial charge in [0.25, 0.3) is 0 Å². The lowest BCUT2D eigenvalue weighted by molar-refractivity contribution is -0.324. The molecule has 0 rings (SSSR count). The van der Waals surface area contributed by atoms with Gasteiger partial charge in [0.15, 0.2) is 0 Å². The summed E-state index contributed by atoms with van der Waals surface area (Å²) in [5.41, 5.74) is -1.16. The average molecular weight is 288 g/mol. The van der Waals surface area contributed by atoms with Crippen molar-refractivity contribution in [1.29, 1.82) is 0 Å². The van der Waals surface area contributed by atoms with Gasteiger partial charge in [-0.05, 0) is 55.4 Å². The molecule has 0 aliphatic rings. The lowest BCUT2D eigenvalue weighted by atomic mass is 10.1. The molecule has 6 nitrogen and oxygen atoms in total. The largest absolute Gasteiger partial charge is 0.380 e. The first kappa shape index (κ1) is 18.6. The molecule has 0 saturated heterocycles. The van der Waals surface area contributed by atoms with Crippen LogP contribution < -0.4 is 0 Å². The van der Waals surface area contributed by atoms with Crippen molar-refractivity contribution in [3.05, 3.63) is 11.1 Å². The van der Waals surface area contributed by atoms with E-state index in [1.54, 1.807) is 55.4 Å². The quantitative estimate of drug-likeness (QED) is 0.260. The van der Waals surface area contributed by atoms with Crippen LogP contribution in [-0.4, -0.2) is 23.1 Å². The summed E-state index contributed by atoms with van der Waals surface area (Å²) in [7, 11) is 0. The third kappa shape index (κ3) is 7.91. The minimum absolute atomic E-state index is 0.251. The van der Waals surface area contributed by atoms with Gasteiger partial charge in [0, 0.05) is 0 Å². The minimum Gasteiger partial charge on any atom is -0.292 e. The highest BCUT2D eigenvalue weighted by Crippen LogP contribution is 2.15. The molecule has 20 heavy (non-hydrogen) atoms. The summed E-state index contributed by atoms with van der Waals surface area (Å²) in [6, 6.07) is 0. The Morgan fingerprint density at radius 2 is 1.00 bits per heavy atom. The fraction of sp³-hybridized carbons (Fsp3) is 0.714. The van der Waals surface area contributed by atoms with E-state index < -0.39 is 23.1 Å². The average Bonchev–Trinajstić information content (AvgIpc) is 2.21. The van der Waals surface area contributed by atoms with Crippen LogP contribution in [0, 0.1) is 0 Å². The normalized spacial score (nSPS) is 11.8. The standard InChI is InChI=1S/C14H24O6/c1-9(2)10(11(15)17-19-13(3,4)5)12(16)18-20-14(6,7)8/h1-8H3. The second-order valence-corrected chi connectivity index (χ2v) is 6.51. The van der Waals surface area contributed by atoms with Crippen LogP contribution in [0.1, 0.15) is 55.4 Å². The summed E-state index contributed by atoms with van der Waals surface area (Å²) >= 11 is 0. The maximum atomic E-state index is 11.8. The van der Waals surface area contributed by atoms with Gasteiger partial charge in [0.1, 0.15) is 16.8 Å². The molecule has 0 N–H and O–H groups in total. The Labute approximate surface area is 119 Å². The number of hydrogen-bond donors (Lipinski definition) is 0. The van der Waals surface area contributed by atoms with E-state index in [0.29, 0.717) is 5.57 Å². The SMILES string of the molecule is CC(C)=C(C(=O)OOC(C)(C)C)C(=O)OOC(C)(C)C. The molecule has 0 amide bonds. The molecule has 0 aromatic heterocycles. The molecule has 0 saturated carbocycles. The Morgan fingerprint density at radius 1 is 0.700 bits per heavy atom. The van der Waals surface area contributed by atoms with Crippen LogP contribution in [-0.2, 0) is 29.1 Å². The highest BCUT2D eigenvalue weighted by Gasteiger charge is 2.28. The van der Waals surface area contributed by atoms with Crippen LogP contribution in [0.25, 0.3) is 0 Å². The van der Waals surface area contributed by atoms with E-state index in [9.17, 15) is 9.59 Å². The fourth-order valence-corrected chi connectivity index (χ4v) is 0.901. The summed E-state index contributed by atoms with van der Waals surface area (Å²) in [5, 5.41) is 0. The first-order valence-electron chi connectivity index (χ1n) is 6.31. The summed E-state index contributed by atoms with van der Waals surface area (Å²) in [6.07, 6.45) is 0. The number of carbonyl (C=O) groups is 2. The van der Waals surface area contributed by atoms with Gasteiger partial charge >= 0.3 is 11.9 Å². The smallest absolute Gasteiger partial charge is 0.292 e. The topological polar surface area (TPSA) is 71.1 Å². The minimum atomic E-state index is -0.914. The molecule has 0 aromatic rings. The van der Waals surface area contributed by atoms with Gasteiger partial charge in [-0.3, -0.25) is 9.78 Å². The summed E-state index contributed by atoms with van der Waals surface area (Å²) in [5.74, 6) is -1.83. The zero-order chi connectivity index (χ0) is 16.1. The van der Waals surface area contributed by atoms with Crippen molar-refractivity contribution in [3.63, 3.8) is 0 Å². The molecule has 0 atom stereocenters. The second kappa shape index (κ2) is 6.85. The van der Waals surface area contributed by atoms with E-state index in [-0.39, 0.29) is 5.57 Å². The van der Waals surface area contributed by atoms with Crippen molar-refractivity contribution < 1.29 is 29.1 Å². The summed E-state index contributed by atoms with van der Waals surface area (Å²) in [4.78, 5) is 42.7. The van der Waals surface area contributed by atoms with E-state index in [2.05, 4.69) is 9.78 Å². The third-order valence-corrected chi connectivity index (χ3v) is 1.64. The maximum absolute atomic E-state index is 11.8. The van der Waals surface area contributed by atoms with Crippen LogP contribution in [0.3, 0.4) is 0 Å². The Balaban J connectivity index is 4.79. The third-order valence-electron chi connectivity index (χ3n) is 1.64. The maximum Gasteiger partial charge on any atom is 0.380 e. The Bertz CT molecular complexity index is 359. The van der Waals surface area contributed by atoms with Crippen molar-refractivity contribution in [2.75, 3.05) is 0 Å². The molecule has 116 valence electrons. The zero-order valence-corrected chi connectivity index (χ0v) is 13.4. The van der Waals surface area contributed by atoms with Crippen molar-refractivity contribution in [2.24, 2.45) is 0 Å². The van der Waals surface area contributed by atoms with Crippen LogP contribution in [0.2, 0.25) is 0 Å². The van der Waals surface area contributed by atoms with Gasteiger partial charge in [-0.1, -0.05) is 5.57 Å². The lowest BCUT2D eigenvalue weighted by Gasteiger charge is -2.19. The van der Waals surface area contributed by atoms with Crippen LogP contribution in [0.15, 0.2) is 11.1 Å². The van der Waals surface area contributed by atoms with Gasteiger partial charge < -0.3 is 0 Å². The molecule has 0 aliphatic heterocycles. The fourth-order valence-electron chi connectivity index (χ4n) is 0.901. The molecule has 0 radical (unpaired) electrons. The Morgan fingerprint density at radius 3 is 1.20 bits per heavy atom. The van der Waals surface area contributed by atoms with Crippen LogP contribution in [0.4, 0.5) is 0 Å². The van der Waals surface area contributed by atoms with Gasteiger partial charge in [-0.25, -0.2) is 9.59 Å². The first-order valence-corrected chi connectivity index (χ1v) is 6.31. The number of rotatable bonds is 4. The predicted molar refractivity (Wildman–Crippen MR) is 72.2 cm³/mol. The molecular formula is C14H24O6.